The maximum Gasteiger partial charge on any atom is 0.303 e. The summed E-state index contributed by atoms with van der Waals surface area (Å²) < 4.78 is 27.2. The zero-order chi connectivity index (χ0) is 90.9. The summed E-state index contributed by atoms with van der Waals surface area (Å²) in [7, 11) is 0. The number of unbranched alkanes of at least 4 members (excludes halogenated alkanes) is 2. The lowest BCUT2D eigenvalue weighted by Crippen LogP contribution is -2.07. The van der Waals surface area contributed by atoms with E-state index < -0.39 is 60.4 Å². The van der Waals surface area contributed by atoms with Crippen LogP contribution in [0.2, 0.25) is 0 Å². The molecule has 0 spiro atoms. The Hall–Kier alpha value is -8.77. The number of allylic oxidation sites excluding steroid dienone is 34. The summed E-state index contributed by atoms with van der Waals surface area (Å²) >= 11 is 0. The first kappa shape index (κ1) is 113. The van der Waals surface area contributed by atoms with Gasteiger partial charge in [0.1, 0.15) is 0 Å². The van der Waals surface area contributed by atoms with Gasteiger partial charge in [0.2, 0.25) is 0 Å². The fraction of sp³-hybridized carbons (Fsp3) is 0.529. The second-order valence-electron chi connectivity index (χ2n) is 30.4. The van der Waals surface area contributed by atoms with Gasteiger partial charge in [0, 0.05) is 44.9 Å². The monoisotopic (exact) mass is 1720 g/mol. The molecule has 0 amide bonds. The smallest absolute Gasteiger partial charge is 0.303 e. The SMILES string of the molecule is CCC1OC1C/C=C\C/C=C\C/C=C\C=C\C(O)CCCC(=O)O.CCC1OC1C/C=C\CC(O)/C=C\C=C/C/C=C\C/C=C\CCC(=O)O.CCC1OC1C/C=C\CC(O)/C=C\C=C/C/C=C\CCCC(=O)O.CCC1OC1CC(O)/C=C/C=C\C/C=C\C/C=C\C/C=C\CCC(=O)O.CCC1OC1CC(O)/C=C/C=C\C/C=C\C/C=C\CCCC(=O)O. The number of carboxylic acid groups (broad SMARTS) is 5. The van der Waals surface area contributed by atoms with Gasteiger partial charge < -0.3 is 74.7 Å². The van der Waals surface area contributed by atoms with E-state index in [9.17, 15) is 49.5 Å². The average molecular weight is 1720 g/mol. The zero-order valence-corrected chi connectivity index (χ0v) is 74.9. The van der Waals surface area contributed by atoms with Gasteiger partial charge >= 0.3 is 29.8 Å². The number of ether oxygens (including phenoxy) is 5. The van der Waals surface area contributed by atoms with Crippen molar-refractivity contribution in [1.29, 1.82) is 0 Å². The van der Waals surface area contributed by atoms with E-state index in [1.54, 1.807) is 36.5 Å². The van der Waals surface area contributed by atoms with E-state index >= 15 is 0 Å². The highest BCUT2D eigenvalue weighted by Gasteiger charge is 2.39. The lowest BCUT2D eigenvalue weighted by atomic mass is 10.1. The molecule has 15 unspecified atom stereocenters. The number of rotatable bonds is 67. The summed E-state index contributed by atoms with van der Waals surface area (Å²) in [5.74, 6) is -3.81. The highest BCUT2D eigenvalue weighted by atomic mass is 16.6. The second-order valence-corrected chi connectivity index (χ2v) is 30.4. The van der Waals surface area contributed by atoms with Crippen LogP contribution in [0.5, 0.6) is 0 Å². The van der Waals surface area contributed by atoms with Crippen LogP contribution in [0.4, 0.5) is 0 Å². The number of aliphatic hydroxyl groups excluding tert-OH is 5. The van der Waals surface area contributed by atoms with Crippen molar-refractivity contribution < 1.29 is 98.7 Å². The summed E-state index contributed by atoms with van der Waals surface area (Å²) in [5.41, 5.74) is 0. The van der Waals surface area contributed by atoms with Gasteiger partial charge in [0.25, 0.3) is 0 Å². The topological polar surface area (TPSA) is 350 Å². The molecule has 15 atom stereocenters. The fourth-order valence-electron chi connectivity index (χ4n) is 11.8. The van der Waals surface area contributed by atoms with Crippen LogP contribution in [0.15, 0.2) is 267 Å². The molecule has 0 radical (unpaired) electrons. The van der Waals surface area contributed by atoms with Crippen LogP contribution < -0.4 is 0 Å². The van der Waals surface area contributed by atoms with Crippen molar-refractivity contribution in [3.05, 3.63) is 267 Å². The van der Waals surface area contributed by atoms with Gasteiger partial charge in [0.05, 0.1) is 91.6 Å². The average Bonchev–Trinajstić information content (AvgIpc) is 1.72. The lowest BCUT2D eigenvalue weighted by Gasteiger charge is -2.02. The Kier molecular flexibility index (Phi) is 73.1. The number of hydrogen-bond acceptors (Lipinski definition) is 15. The van der Waals surface area contributed by atoms with Crippen LogP contribution in [0, 0.1) is 0 Å². The van der Waals surface area contributed by atoms with Crippen molar-refractivity contribution in [3.63, 3.8) is 0 Å². The number of epoxide rings is 5. The summed E-state index contributed by atoms with van der Waals surface area (Å²) in [5, 5.41) is 91.4. The number of carbonyl (C=O) groups is 5. The Morgan fingerprint density at radius 2 is 0.460 bits per heavy atom. The largest absolute Gasteiger partial charge is 0.481 e. The van der Waals surface area contributed by atoms with Gasteiger partial charge in [0.15, 0.2) is 0 Å². The molecule has 5 aliphatic heterocycles. The first-order valence-corrected chi connectivity index (χ1v) is 45.4. The minimum Gasteiger partial charge on any atom is -0.481 e. The van der Waals surface area contributed by atoms with Crippen molar-refractivity contribution in [2.24, 2.45) is 0 Å². The van der Waals surface area contributed by atoms with Gasteiger partial charge in [-0.25, -0.2) is 0 Å². The van der Waals surface area contributed by atoms with E-state index in [2.05, 4.69) is 132 Å². The summed E-state index contributed by atoms with van der Waals surface area (Å²) in [6.45, 7) is 10.6. The number of hydrogen-bond donors (Lipinski definition) is 10. The molecule has 690 valence electrons. The first-order valence-electron chi connectivity index (χ1n) is 45.4. The van der Waals surface area contributed by atoms with Crippen molar-refractivity contribution in [2.75, 3.05) is 0 Å². The molecule has 0 bridgehead atoms. The van der Waals surface area contributed by atoms with Crippen molar-refractivity contribution >= 4 is 29.8 Å². The molecule has 0 saturated carbocycles. The van der Waals surface area contributed by atoms with E-state index in [0.717, 1.165) is 128 Å². The molecule has 5 fully saturated rings. The minimum absolute atomic E-state index is 0.104. The van der Waals surface area contributed by atoms with Gasteiger partial charge in [-0.2, -0.15) is 0 Å². The summed E-state index contributed by atoms with van der Waals surface area (Å²) in [6, 6.07) is 0. The molecule has 5 aliphatic rings. The van der Waals surface area contributed by atoms with Gasteiger partial charge in [-0.15, -0.1) is 0 Å². The van der Waals surface area contributed by atoms with E-state index in [1.165, 1.54) is 0 Å². The lowest BCUT2D eigenvalue weighted by molar-refractivity contribution is -0.138. The number of carboxylic acids is 5. The Labute approximate surface area is 742 Å². The van der Waals surface area contributed by atoms with E-state index in [0.29, 0.717) is 113 Å². The zero-order valence-electron chi connectivity index (χ0n) is 74.9. The highest BCUT2D eigenvalue weighted by molar-refractivity contribution is 5.68. The van der Waals surface area contributed by atoms with Gasteiger partial charge in [-0.1, -0.05) is 302 Å². The molecule has 20 heteroatoms. The molecule has 0 aromatic heterocycles. The maximum absolute atomic E-state index is 10.4. The first-order chi connectivity index (χ1) is 60.2. The molecule has 10 N–H and O–H groups in total. The van der Waals surface area contributed by atoms with E-state index in [4.69, 9.17) is 49.2 Å². The molecule has 0 aliphatic carbocycles. The predicted molar refractivity (Wildman–Crippen MR) is 503 cm³/mol. The van der Waals surface area contributed by atoms with Crippen LogP contribution in [0.1, 0.15) is 259 Å². The van der Waals surface area contributed by atoms with Crippen LogP contribution in [-0.4, -0.2) is 172 Å². The quantitative estimate of drug-likeness (QED) is 0.0117. The Bertz CT molecular complexity index is 3490. The molecular weight excluding hydrogens is 1570 g/mol. The Morgan fingerprint density at radius 3 is 0.734 bits per heavy atom. The third-order valence-electron chi connectivity index (χ3n) is 19.3. The standard InChI is InChI=1S/2C22H32O4.3C20H30O4/c1-2-20-21(26-20)17-14-13-16-19(23)15-11-9-7-5-3-4-6-8-10-12-18-22(24)25;1-2-20-21(26-20)18-19(23)16-14-12-10-8-6-4-3-5-7-9-11-13-15-17-22(24)25;1-2-18-19(24-18)15-12-11-14-17(21)13-9-7-5-3-4-6-8-10-16-20(22)23;1-2-18-19(24-18)15-11-9-7-5-3-4-6-8-10-13-17(21)14-12-16-20(22)23;1-2-18-19(24-18)16-17(21)14-12-10-8-6-4-3-5-7-9-11-13-15-20(22)23/h3-4,7-11,13-15,19-21,23H,2,5-6,12,16-18H2,1H3,(H,24,25);4-7,10-14,16,19-21,23H,2-3,8-9,15,17-18H2,1H3,(H,24,25);4-7,9,11-13,17-19,21H,2-3,8,10,14-16H2,1H3,(H,22,23);3,5-6,8-11,13,17-19,21H,2,4,7,12,14-16H2,1H3,(H,22,23);3-4,7-10,12,14,17-19,21H,2,5-6,11,13,15-16H2,1H3,(H,22,23)/b4-3-,9-7-,10-8-,14-13-,15-11-;6-4-,7-5-,12-10-,13-11-,16-14+;6-4-,7-5-,12-11-,13-9-;5-3-,8-6-,11-9-,13-10+;4-3-,9-7-,10-8-,14-12+. The molecule has 5 saturated heterocycles. The number of aliphatic hydroxyl groups is 5. The molecular formula is C104H154O20. The second kappa shape index (κ2) is 80.1. The van der Waals surface area contributed by atoms with E-state index in [-0.39, 0.29) is 44.3 Å². The molecule has 0 aromatic carbocycles. The Balaban J connectivity index is 0.000000775. The van der Waals surface area contributed by atoms with Gasteiger partial charge in [-0.3, -0.25) is 24.0 Å². The normalized spacial score (nSPS) is 22.0. The van der Waals surface area contributed by atoms with Crippen LogP contribution in [0.25, 0.3) is 0 Å². The molecule has 20 nitrogen and oxygen atoms in total. The summed E-state index contributed by atoms with van der Waals surface area (Å²) in [6.07, 6.45) is 114. The molecule has 5 heterocycles. The predicted octanol–water partition coefficient (Wildman–Crippen LogP) is 22.0. The van der Waals surface area contributed by atoms with Crippen LogP contribution in [0.3, 0.4) is 0 Å². The fourth-order valence-corrected chi connectivity index (χ4v) is 11.8. The van der Waals surface area contributed by atoms with Crippen LogP contribution in [-0.2, 0) is 47.7 Å². The third kappa shape index (κ3) is 78.0. The molecule has 0 aromatic rings. The molecule has 5 rings (SSSR count). The minimum atomic E-state index is -0.821. The summed E-state index contributed by atoms with van der Waals surface area (Å²) in [4.78, 5) is 51.7. The highest BCUT2D eigenvalue weighted by Crippen LogP contribution is 2.32. The van der Waals surface area contributed by atoms with E-state index in [1.807, 2.05) is 134 Å². The molecule has 124 heavy (non-hydrogen) atoms. The van der Waals surface area contributed by atoms with Crippen molar-refractivity contribution in [1.82, 2.24) is 0 Å². The maximum atomic E-state index is 10.4. The van der Waals surface area contributed by atoms with Crippen molar-refractivity contribution in [3.8, 4) is 0 Å². The number of aliphatic carboxylic acids is 5. The van der Waals surface area contributed by atoms with Gasteiger partial charge in [-0.05, 0) is 180 Å². The Morgan fingerprint density at radius 1 is 0.234 bits per heavy atom. The van der Waals surface area contributed by atoms with Crippen molar-refractivity contribution in [2.45, 2.75) is 351 Å². The van der Waals surface area contributed by atoms with Crippen LogP contribution >= 0.6 is 0 Å². The third-order valence-corrected chi connectivity index (χ3v) is 19.3.